The van der Waals surface area contributed by atoms with Crippen molar-refractivity contribution >= 4 is 17.9 Å². The average molecular weight is 1050 g/mol. The summed E-state index contributed by atoms with van der Waals surface area (Å²) in [5, 5.41) is 0. The van der Waals surface area contributed by atoms with Crippen molar-refractivity contribution in [2.24, 2.45) is 0 Å². The zero-order chi connectivity index (χ0) is 54.3. The van der Waals surface area contributed by atoms with Gasteiger partial charge in [0.25, 0.3) is 0 Å². The third kappa shape index (κ3) is 61.6. The molecule has 6 nitrogen and oxygen atoms in total. The molecule has 0 aromatic heterocycles. The SMILES string of the molecule is CCCCC/C=C\C/C=C\C/C=C\CCCCCCC(=O)OC[C@@H](COC(=O)CCCCCCCCCCC/C=C\C/C=C\CCCCC)OC(=O)CCCCCCCCCCCCC/C=C\CCCCCCCC. The van der Waals surface area contributed by atoms with E-state index in [1.807, 2.05) is 0 Å². The van der Waals surface area contributed by atoms with Crippen LogP contribution in [0, 0.1) is 0 Å². The quantitative estimate of drug-likeness (QED) is 0.0261. The summed E-state index contributed by atoms with van der Waals surface area (Å²) in [4.78, 5) is 38.4. The second kappa shape index (κ2) is 63.4. The van der Waals surface area contributed by atoms with Gasteiger partial charge >= 0.3 is 17.9 Å². The lowest BCUT2D eigenvalue weighted by Gasteiger charge is -2.18. The molecule has 0 spiro atoms. The Morgan fingerprint density at radius 1 is 0.267 bits per heavy atom. The van der Waals surface area contributed by atoms with Crippen LogP contribution in [0.15, 0.2) is 72.9 Å². The van der Waals surface area contributed by atoms with Crippen molar-refractivity contribution in [1.29, 1.82) is 0 Å². The predicted molar refractivity (Wildman–Crippen MR) is 325 cm³/mol. The maximum atomic E-state index is 12.9. The van der Waals surface area contributed by atoms with Crippen LogP contribution in [0.3, 0.4) is 0 Å². The van der Waals surface area contributed by atoms with Crippen LogP contribution in [0.5, 0.6) is 0 Å². The fourth-order valence-corrected chi connectivity index (χ4v) is 9.24. The summed E-state index contributed by atoms with van der Waals surface area (Å²) in [5.41, 5.74) is 0. The lowest BCUT2D eigenvalue weighted by molar-refractivity contribution is -0.167. The molecule has 75 heavy (non-hydrogen) atoms. The minimum atomic E-state index is -0.788. The van der Waals surface area contributed by atoms with Gasteiger partial charge in [0.2, 0.25) is 0 Å². The van der Waals surface area contributed by atoms with Crippen molar-refractivity contribution in [3.05, 3.63) is 72.9 Å². The summed E-state index contributed by atoms with van der Waals surface area (Å²) in [7, 11) is 0. The largest absolute Gasteiger partial charge is 0.462 e. The lowest BCUT2D eigenvalue weighted by atomic mass is 10.0. The first kappa shape index (κ1) is 71.8. The Kier molecular flexibility index (Phi) is 60.7. The molecule has 0 N–H and O–H groups in total. The maximum Gasteiger partial charge on any atom is 0.306 e. The zero-order valence-electron chi connectivity index (χ0n) is 49.8. The van der Waals surface area contributed by atoms with E-state index in [0.29, 0.717) is 19.3 Å². The van der Waals surface area contributed by atoms with E-state index in [1.165, 1.54) is 199 Å². The van der Waals surface area contributed by atoms with Gasteiger partial charge in [-0.25, -0.2) is 0 Å². The van der Waals surface area contributed by atoms with Gasteiger partial charge < -0.3 is 14.2 Å². The lowest BCUT2D eigenvalue weighted by Crippen LogP contribution is -2.30. The van der Waals surface area contributed by atoms with E-state index >= 15 is 0 Å². The molecular weight excluding hydrogens is 925 g/mol. The number of unbranched alkanes of at least 4 members (excludes halogenated alkanes) is 36. The first-order valence-electron chi connectivity index (χ1n) is 32.4. The molecule has 0 heterocycles. The van der Waals surface area contributed by atoms with Gasteiger partial charge in [0.05, 0.1) is 0 Å². The monoisotopic (exact) mass is 1050 g/mol. The first-order valence-corrected chi connectivity index (χ1v) is 32.4. The van der Waals surface area contributed by atoms with Crippen LogP contribution in [-0.2, 0) is 28.6 Å². The second-order valence-corrected chi connectivity index (χ2v) is 21.7. The molecule has 0 amide bonds. The average Bonchev–Trinajstić information content (AvgIpc) is 3.41. The maximum absolute atomic E-state index is 12.9. The third-order valence-electron chi connectivity index (χ3n) is 14.2. The molecule has 0 aliphatic rings. The van der Waals surface area contributed by atoms with Gasteiger partial charge in [0.1, 0.15) is 13.2 Å². The Hall–Kier alpha value is -3.15. The summed E-state index contributed by atoms with van der Waals surface area (Å²) >= 11 is 0. The Balaban J connectivity index is 4.39. The van der Waals surface area contributed by atoms with Crippen LogP contribution in [0.4, 0.5) is 0 Å². The molecule has 0 bridgehead atoms. The van der Waals surface area contributed by atoms with Gasteiger partial charge in [-0.1, -0.05) is 267 Å². The van der Waals surface area contributed by atoms with Crippen LogP contribution < -0.4 is 0 Å². The molecule has 1 atom stereocenters. The van der Waals surface area contributed by atoms with Crippen molar-refractivity contribution in [3.63, 3.8) is 0 Å². The zero-order valence-corrected chi connectivity index (χ0v) is 49.8. The van der Waals surface area contributed by atoms with E-state index in [9.17, 15) is 14.4 Å². The Labute approximate surface area is 465 Å². The molecule has 0 aliphatic carbocycles. The topological polar surface area (TPSA) is 78.9 Å². The highest BCUT2D eigenvalue weighted by molar-refractivity contribution is 5.71. The summed E-state index contributed by atoms with van der Waals surface area (Å²) in [6.07, 6.45) is 81.8. The summed E-state index contributed by atoms with van der Waals surface area (Å²) in [6.45, 7) is 6.60. The number of ether oxygens (including phenoxy) is 3. The van der Waals surface area contributed by atoms with E-state index in [4.69, 9.17) is 14.2 Å². The normalized spacial score (nSPS) is 12.5. The van der Waals surface area contributed by atoms with Gasteiger partial charge in [0.15, 0.2) is 6.10 Å². The molecule has 434 valence electrons. The third-order valence-corrected chi connectivity index (χ3v) is 14.2. The van der Waals surface area contributed by atoms with Gasteiger partial charge in [-0.3, -0.25) is 14.4 Å². The molecule has 6 heteroatoms. The van der Waals surface area contributed by atoms with Crippen LogP contribution in [-0.4, -0.2) is 37.2 Å². The van der Waals surface area contributed by atoms with Crippen molar-refractivity contribution < 1.29 is 28.6 Å². The minimum absolute atomic E-state index is 0.0837. The molecule has 0 fully saturated rings. The molecule has 0 aromatic rings. The van der Waals surface area contributed by atoms with Crippen molar-refractivity contribution in [3.8, 4) is 0 Å². The predicted octanol–water partition coefficient (Wildman–Crippen LogP) is 22.1. The summed E-state index contributed by atoms with van der Waals surface area (Å²) in [5.74, 6) is -0.895. The van der Waals surface area contributed by atoms with Gasteiger partial charge in [0, 0.05) is 19.3 Å². The van der Waals surface area contributed by atoms with E-state index in [1.54, 1.807) is 0 Å². The van der Waals surface area contributed by atoms with Crippen LogP contribution >= 0.6 is 0 Å². The van der Waals surface area contributed by atoms with Crippen molar-refractivity contribution in [2.75, 3.05) is 13.2 Å². The molecule has 0 saturated carbocycles. The number of allylic oxidation sites excluding steroid dienone is 12. The van der Waals surface area contributed by atoms with E-state index < -0.39 is 6.10 Å². The van der Waals surface area contributed by atoms with Crippen LogP contribution in [0.2, 0.25) is 0 Å². The molecule has 0 rings (SSSR count). The minimum Gasteiger partial charge on any atom is -0.462 e. The van der Waals surface area contributed by atoms with Gasteiger partial charge in [-0.05, 0) is 116 Å². The molecule has 0 radical (unpaired) electrons. The number of hydrogen-bond donors (Lipinski definition) is 0. The first-order chi connectivity index (χ1) is 37.0. The second-order valence-electron chi connectivity index (χ2n) is 21.7. The van der Waals surface area contributed by atoms with Crippen molar-refractivity contribution in [2.45, 2.75) is 335 Å². The Morgan fingerprint density at radius 2 is 0.480 bits per heavy atom. The number of carbonyl (C=O) groups excluding carboxylic acids is 3. The summed E-state index contributed by atoms with van der Waals surface area (Å²) < 4.78 is 16.9. The van der Waals surface area contributed by atoms with E-state index in [-0.39, 0.29) is 31.1 Å². The van der Waals surface area contributed by atoms with Crippen molar-refractivity contribution in [1.82, 2.24) is 0 Å². The number of rotatable bonds is 59. The molecular formula is C69H122O6. The highest BCUT2D eigenvalue weighted by Crippen LogP contribution is 2.16. The smallest absolute Gasteiger partial charge is 0.306 e. The molecule has 0 unspecified atom stereocenters. The fourth-order valence-electron chi connectivity index (χ4n) is 9.24. The Morgan fingerprint density at radius 3 is 0.787 bits per heavy atom. The van der Waals surface area contributed by atoms with Crippen LogP contribution in [0.25, 0.3) is 0 Å². The number of hydrogen-bond acceptors (Lipinski definition) is 6. The highest BCUT2D eigenvalue weighted by atomic mass is 16.6. The Bertz CT molecular complexity index is 1390. The molecule has 0 aromatic carbocycles. The fraction of sp³-hybridized carbons (Fsp3) is 0.783. The highest BCUT2D eigenvalue weighted by Gasteiger charge is 2.19. The van der Waals surface area contributed by atoms with E-state index in [0.717, 1.165) is 89.9 Å². The van der Waals surface area contributed by atoms with Gasteiger partial charge in [-0.15, -0.1) is 0 Å². The molecule has 0 aliphatic heterocycles. The summed E-state index contributed by atoms with van der Waals surface area (Å²) in [6, 6.07) is 0. The van der Waals surface area contributed by atoms with E-state index in [2.05, 4.69) is 93.7 Å². The number of esters is 3. The van der Waals surface area contributed by atoms with Crippen LogP contribution in [0.1, 0.15) is 329 Å². The standard InChI is InChI=1S/C69H122O6/c1-4-7-10-13-16-19-22-25-28-31-33-34-36-39-42-45-48-51-54-57-60-63-69(72)75-66(64-73-67(70)61-58-55-52-49-46-43-40-37-30-27-24-21-18-15-12-9-6-3)65-74-68(71)62-59-56-53-50-47-44-41-38-35-32-29-26-23-20-17-14-11-8-5-2/h17-18,20-21,25-30,40,43,66H,4-16,19,22-24,31-39,41-42,44-65H2,1-3H3/b20-17-,21-18-,28-25-,29-26-,30-27-,43-40-/t66-/m0/s1. The van der Waals surface area contributed by atoms with Gasteiger partial charge in [-0.2, -0.15) is 0 Å². The number of carbonyl (C=O) groups is 3. The molecule has 0 saturated heterocycles.